The Hall–Kier alpha value is -5.72. The topological polar surface area (TPSA) is 233 Å². The molecule has 10 rings (SSSR count). The molecule has 2 saturated carbocycles. The van der Waals surface area contributed by atoms with Crippen molar-refractivity contribution in [3.8, 4) is 22.4 Å². The summed E-state index contributed by atoms with van der Waals surface area (Å²) in [6, 6.07) is 22.0. The molecule has 482 valence electrons. The number of nitrogens with one attached hydrogen (secondary N) is 4. The van der Waals surface area contributed by atoms with Gasteiger partial charge in [-0.05, 0) is 97.5 Å². The summed E-state index contributed by atoms with van der Waals surface area (Å²) < 4.78 is 29.6. The molecule has 4 N–H and O–H groups in total. The molecule has 26 heteroatoms. The van der Waals surface area contributed by atoms with Gasteiger partial charge >= 0.3 is 12.1 Å². The molecule has 2 spiro atoms. The highest BCUT2D eigenvalue weighted by Gasteiger charge is 2.50. The van der Waals surface area contributed by atoms with Crippen LogP contribution in [-0.2, 0) is 28.5 Å². The fourth-order valence-electron chi connectivity index (χ4n) is 11.4. The predicted molar refractivity (Wildman–Crippen MR) is 364 cm³/mol. The molecule has 5 aromatic heterocycles. The third-order valence-corrected chi connectivity index (χ3v) is 24.6. The number of halogens is 1. The summed E-state index contributed by atoms with van der Waals surface area (Å²) in [6.45, 7) is 32.5. The first kappa shape index (κ1) is 67.7. The fourth-order valence-corrected chi connectivity index (χ4v) is 14.8. The summed E-state index contributed by atoms with van der Waals surface area (Å²) in [5.41, 5.74) is 5.48. The van der Waals surface area contributed by atoms with Gasteiger partial charge in [0, 0.05) is 117 Å². The number of carbonyl (C=O) groups excluding carboxylic acids is 4. The molecule has 0 unspecified atom stereocenters. The van der Waals surface area contributed by atoms with E-state index >= 15 is 0 Å². The van der Waals surface area contributed by atoms with Gasteiger partial charge in [0.15, 0.2) is 11.3 Å². The second-order valence-electron chi connectivity index (χ2n) is 29.4. The van der Waals surface area contributed by atoms with Gasteiger partial charge < -0.3 is 39.4 Å². The number of hydrogen-bond acceptors (Lipinski definition) is 15. The third-order valence-electron chi connectivity index (χ3n) is 17.2. The second kappa shape index (κ2) is 28.4. The molecule has 2 aliphatic heterocycles. The monoisotopic (exact) mass is 1350 g/mol. The second-order valence-corrected chi connectivity index (χ2v) is 52.7. The lowest BCUT2D eigenvalue weighted by atomic mass is 9.75. The van der Waals surface area contributed by atoms with E-state index < -0.39 is 55.4 Å². The normalized spacial score (nSPS) is 20.6. The van der Waals surface area contributed by atoms with Gasteiger partial charge in [-0.25, -0.2) is 19.6 Å². The molecule has 2 saturated heterocycles. The van der Waals surface area contributed by atoms with Crippen LogP contribution in [0.25, 0.3) is 33.7 Å². The maximum Gasteiger partial charge on any atom is 0.322 e. The molecule has 0 bridgehead atoms. The Labute approximate surface area is 537 Å². The van der Waals surface area contributed by atoms with Crippen LogP contribution in [-0.4, -0.2) is 155 Å². The van der Waals surface area contributed by atoms with Gasteiger partial charge in [0.2, 0.25) is 0 Å². The average Bonchev–Trinajstić information content (AvgIpc) is 1.80. The van der Waals surface area contributed by atoms with Gasteiger partial charge in [-0.3, -0.25) is 25.2 Å². The van der Waals surface area contributed by atoms with Crippen LogP contribution in [0.4, 0.5) is 21.2 Å². The van der Waals surface area contributed by atoms with Crippen molar-refractivity contribution in [2.24, 2.45) is 0 Å². The molecule has 4 fully saturated rings. The zero-order valence-electron chi connectivity index (χ0n) is 54.4. The van der Waals surface area contributed by atoms with Crippen LogP contribution in [0.3, 0.4) is 0 Å². The number of ether oxygens (including phenoxy) is 4. The third kappa shape index (κ3) is 17.9. The maximum absolute atomic E-state index is 12.7. The molecule has 0 atom stereocenters. The van der Waals surface area contributed by atoms with Gasteiger partial charge in [0.05, 0.1) is 22.6 Å². The molecular formula is C63H94BrN13O8Si4. The van der Waals surface area contributed by atoms with Gasteiger partial charge in [0.25, 0.3) is 11.8 Å². The predicted octanol–water partition coefficient (Wildman–Crippen LogP) is 12.3. The summed E-state index contributed by atoms with van der Waals surface area (Å²) in [5, 5.41) is 20.1. The summed E-state index contributed by atoms with van der Waals surface area (Å²) in [5.74, 6) is 1.53. The number of urea groups is 2. The quantitative estimate of drug-likeness (QED) is 0.0171. The molecule has 1 aromatic carbocycles. The Bertz CT molecular complexity index is 3380. The minimum atomic E-state index is -1.28. The molecule has 21 nitrogen and oxygen atoms in total. The van der Waals surface area contributed by atoms with E-state index in [0.29, 0.717) is 91.9 Å². The number of benzene rings is 1. The summed E-state index contributed by atoms with van der Waals surface area (Å²) >= 11 is 3.62. The number of hydrogen-bond donors (Lipinski definition) is 4. The molecule has 4 aliphatic rings. The van der Waals surface area contributed by atoms with Crippen molar-refractivity contribution in [2.75, 3.05) is 63.2 Å². The smallest absolute Gasteiger partial charge is 0.322 e. The number of imide groups is 2. The standard InChI is InChI=1S/C37H51N7O4Si2.C26H43BrN6O4Si2/c1-49(2,3)20-18-47-25-43(26-48-19-21-50(4,5)6)33-22-32(28-14-16-37(17-15-28)35(45)41-36(46)42-37)40-34-30(24-39-44(33)34)29-12-13-31(38-23-29)27-10-8-7-9-11-27;1-38(2,3)13-11-36-17-32(18-37-12-14-39(4,5)6)22-15-21(29-23-20(27)16-28-33(22)23)19-7-9-26(10-8-19)24(34)30-25(35)31-26/h7-13,22-24,28H,14-21,25-26H2,1-6H3,(H2,41,42,45,46);15-16,19H,7-14,17-18H2,1-6H3,(H2,30,31,34,35). The zero-order chi connectivity index (χ0) is 63.9. The number of carbonyl (C=O) groups is 4. The first-order valence-electron chi connectivity index (χ1n) is 31.6. The first-order chi connectivity index (χ1) is 42.1. The highest BCUT2D eigenvalue weighted by atomic mass is 79.9. The molecule has 89 heavy (non-hydrogen) atoms. The van der Waals surface area contributed by atoms with Crippen molar-refractivity contribution < 1.29 is 38.1 Å². The fraction of sp³-hybridized carbons (Fsp3) is 0.571. The highest BCUT2D eigenvalue weighted by Crippen LogP contribution is 2.42. The Morgan fingerprint density at radius 2 is 0.933 bits per heavy atom. The Balaban J connectivity index is 0.000000218. The first-order valence-corrected chi connectivity index (χ1v) is 47.2. The molecule has 2 aliphatic carbocycles. The minimum absolute atomic E-state index is 0.0958. The average molecular weight is 1350 g/mol. The van der Waals surface area contributed by atoms with Crippen molar-refractivity contribution in [1.29, 1.82) is 0 Å². The SMILES string of the molecule is C[Si](C)(C)CCOCN(COCC[Si](C)(C)C)c1cc(C2CCC3(CC2)NC(=O)NC3=O)nc2c(-c3ccc(-c4ccccc4)nc3)cnn12.C[Si](C)(C)CCOCN(COCC[Si](C)(C)C)c1cc(C2CCC3(CC2)NC(=O)NC3=O)nc2c(Br)cnn12. The van der Waals surface area contributed by atoms with E-state index in [0.717, 1.165) is 98.2 Å². The number of anilines is 2. The van der Waals surface area contributed by atoms with Crippen molar-refractivity contribution >= 4 is 95.0 Å². The molecule has 6 aromatic rings. The Kier molecular flexibility index (Phi) is 21.6. The van der Waals surface area contributed by atoms with Crippen LogP contribution < -0.4 is 31.1 Å². The van der Waals surface area contributed by atoms with Crippen LogP contribution in [0, 0.1) is 0 Å². The van der Waals surface area contributed by atoms with E-state index in [1.165, 1.54) is 0 Å². The molecule has 0 radical (unpaired) electrons. The van der Waals surface area contributed by atoms with Crippen LogP contribution in [0.1, 0.15) is 74.6 Å². The van der Waals surface area contributed by atoms with E-state index in [-0.39, 0.29) is 23.7 Å². The van der Waals surface area contributed by atoms with Crippen LogP contribution in [0.5, 0.6) is 0 Å². The Morgan fingerprint density at radius 1 is 0.528 bits per heavy atom. The number of fused-ring (bicyclic) bond motifs is 2. The Morgan fingerprint density at radius 3 is 1.31 bits per heavy atom. The van der Waals surface area contributed by atoms with Gasteiger partial charge in [-0.15, -0.1) is 0 Å². The number of nitrogens with zero attached hydrogens (tertiary/aromatic N) is 9. The van der Waals surface area contributed by atoms with E-state index in [2.05, 4.69) is 161 Å². The van der Waals surface area contributed by atoms with Crippen LogP contribution in [0.15, 0.2) is 77.7 Å². The van der Waals surface area contributed by atoms with E-state index in [1.807, 2.05) is 45.7 Å². The lowest BCUT2D eigenvalue weighted by molar-refractivity contribution is -0.125. The molecule has 7 heterocycles. The summed E-state index contributed by atoms with van der Waals surface area (Å²) in [6.07, 6.45) is 10.7. The van der Waals surface area contributed by atoms with Gasteiger partial charge in [-0.1, -0.05) is 115 Å². The summed E-state index contributed by atoms with van der Waals surface area (Å²) in [4.78, 5) is 68.2. The number of amides is 6. The van der Waals surface area contributed by atoms with Crippen molar-refractivity contribution in [2.45, 2.75) is 177 Å². The maximum atomic E-state index is 12.7. The van der Waals surface area contributed by atoms with E-state index in [9.17, 15) is 19.2 Å². The van der Waals surface area contributed by atoms with Gasteiger partial charge in [0.1, 0.15) is 49.6 Å². The largest absolute Gasteiger partial charge is 0.361 e. The van der Waals surface area contributed by atoms with Crippen LogP contribution in [0.2, 0.25) is 103 Å². The number of pyridine rings is 1. The van der Waals surface area contributed by atoms with E-state index in [4.69, 9.17) is 39.0 Å². The van der Waals surface area contributed by atoms with Crippen LogP contribution >= 0.6 is 15.9 Å². The lowest BCUT2D eigenvalue weighted by Crippen LogP contribution is -2.49. The lowest BCUT2D eigenvalue weighted by Gasteiger charge is -2.34. The molecule has 6 amide bonds. The zero-order valence-corrected chi connectivity index (χ0v) is 60.0. The van der Waals surface area contributed by atoms with Crippen molar-refractivity contribution in [1.82, 2.24) is 55.4 Å². The van der Waals surface area contributed by atoms with E-state index in [1.54, 1.807) is 6.20 Å². The molecular weight excluding hydrogens is 1260 g/mol. The highest BCUT2D eigenvalue weighted by molar-refractivity contribution is 9.10. The number of aromatic nitrogens is 7. The minimum Gasteiger partial charge on any atom is -0.361 e. The van der Waals surface area contributed by atoms with Gasteiger partial charge in [-0.2, -0.15) is 19.2 Å². The van der Waals surface area contributed by atoms with Crippen molar-refractivity contribution in [3.63, 3.8) is 0 Å². The number of rotatable bonds is 26. The summed E-state index contributed by atoms with van der Waals surface area (Å²) in [7, 11) is -4.98. The van der Waals surface area contributed by atoms with Crippen molar-refractivity contribution in [3.05, 3.63) is 89.0 Å².